The van der Waals surface area contributed by atoms with E-state index in [0.717, 1.165) is 16.8 Å². The molecule has 0 aromatic carbocycles. The van der Waals surface area contributed by atoms with E-state index < -0.39 is 0 Å². The number of aromatic nitrogens is 5. The Labute approximate surface area is 188 Å². The van der Waals surface area contributed by atoms with E-state index in [1.54, 1.807) is 9.13 Å². The monoisotopic (exact) mass is 443 g/mol. The van der Waals surface area contributed by atoms with Crippen LogP contribution in [0, 0.1) is 13.8 Å². The molecule has 0 amide bonds. The number of rotatable bonds is 7. The molecule has 3 aromatic heterocycles. The fraction of sp³-hybridized carbons (Fsp3) is 0.524. The number of nitrogens with two attached hydrogens (primary N) is 1. The summed E-state index contributed by atoms with van der Waals surface area (Å²) in [5, 5.41) is 0.184. The normalized spacial score (nSPS) is 12.1. The molecule has 0 saturated heterocycles. The lowest BCUT2D eigenvalue weighted by Gasteiger charge is -2.30. The zero-order valence-electron chi connectivity index (χ0n) is 19.4. The highest BCUT2D eigenvalue weighted by Crippen LogP contribution is 2.22. The second-order valence-electron chi connectivity index (χ2n) is 8.63. The van der Waals surface area contributed by atoms with Gasteiger partial charge in [-0.15, -0.1) is 0 Å². The average Bonchev–Trinajstić information content (AvgIpc) is 2.93. The van der Waals surface area contributed by atoms with E-state index >= 15 is 0 Å². The summed E-state index contributed by atoms with van der Waals surface area (Å²) in [6.07, 6.45) is 1.83. The largest absolute Gasteiger partial charge is 0.368 e. The van der Waals surface area contributed by atoms with Gasteiger partial charge in [-0.1, -0.05) is 17.1 Å². The Morgan fingerprint density at radius 1 is 1.16 bits per heavy atom. The molecule has 2 N–H and O–H groups in total. The number of fused-ring (bicyclic) bond motifs is 1. The maximum absolute atomic E-state index is 13.5. The van der Waals surface area contributed by atoms with Gasteiger partial charge in [0.1, 0.15) is 13.4 Å². The first kappa shape index (κ1) is 23.3. The minimum absolute atomic E-state index is 0.0409. The van der Waals surface area contributed by atoms with E-state index in [1.165, 1.54) is 5.46 Å². The van der Waals surface area contributed by atoms with Gasteiger partial charge in [0, 0.05) is 31.4 Å². The number of hydrogen-bond donors (Lipinski definition) is 1. The van der Waals surface area contributed by atoms with Gasteiger partial charge in [0.15, 0.2) is 10.8 Å². The summed E-state index contributed by atoms with van der Waals surface area (Å²) in [4.78, 5) is 28.8. The van der Waals surface area contributed by atoms with Crippen LogP contribution in [0.3, 0.4) is 0 Å². The van der Waals surface area contributed by atoms with Crippen LogP contribution < -0.4 is 16.9 Å². The smallest absolute Gasteiger partial charge is 0.330 e. The average molecular weight is 444 g/mol. The SMILES string of the molecule is Bc1c(C)cnc(Cn2c(=O)n(CCN(C(C)C)C(C)C)c3c(Cl)nc(N)nc32)c1C. The van der Waals surface area contributed by atoms with Crippen LogP contribution in [0.5, 0.6) is 0 Å². The van der Waals surface area contributed by atoms with Crippen LogP contribution in [0.1, 0.15) is 44.5 Å². The third-order valence-electron chi connectivity index (χ3n) is 6.04. The molecule has 0 spiro atoms. The van der Waals surface area contributed by atoms with Crippen molar-refractivity contribution in [1.82, 2.24) is 29.0 Å². The molecule has 31 heavy (non-hydrogen) atoms. The van der Waals surface area contributed by atoms with Crippen molar-refractivity contribution in [3.8, 4) is 0 Å². The third kappa shape index (κ3) is 4.48. The van der Waals surface area contributed by atoms with Crippen LogP contribution in [-0.4, -0.2) is 55.5 Å². The molecule has 3 heterocycles. The van der Waals surface area contributed by atoms with E-state index in [-0.39, 0.29) is 16.8 Å². The summed E-state index contributed by atoms with van der Waals surface area (Å²) < 4.78 is 3.25. The molecule has 0 aliphatic rings. The molecule has 3 rings (SSSR count). The number of nitrogen functional groups attached to an aromatic ring is 1. The molecule has 0 fully saturated rings. The number of pyridine rings is 1. The van der Waals surface area contributed by atoms with Crippen LogP contribution in [0.4, 0.5) is 5.95 Å². The number of hydrogen-bond acceptors (Lipinski definition) is 6. The molecule has 8 nitrogen and oxygen atoms in total. The standard InChI is InChI=1S/C21H31BClN7O/c1-11(2)28(12(3)4)7-8-29-17-18(23)26-20(24)27-19(17)30(21(29)31)10-15-14(6)16(22)13(5)9-25-15/h9,11-12H,7-8,10,22H2,1-6H3,(H2,24,26,27). The van der Waals surface area contributed by atoms with Gasteiger partial charge in [-0.25, -0.2) is 4.79 Å². The summed E-state index contributed by atoms with van der Waals surface area (Å²) in [6.45, 7) is 14.1. The molecule has 10 heteroatoms. The van der Waals surface area contributed by atoms with E-state index in [2.05, 4.69) is 55.4 Å². The molecule has 0 radical (unpaired) electrons. The van der Waals surface area contributed by atoms with Crippen LogP contribution in [0.25, 0.3) is 11.2 Å². The Hall–Kier alpha value is -2.39. The summed E-state index contributed by atoms with van der Waals surface area (Å²) >= 11 is 6.44. The number of halogens is 1. The summed E-state index contributed by atoms with van der Waals surface area (Å²) in [5.74, 6) is 0.0409. The number of aryl methyl sites for hydroxylation is 1. The van der Waals surface area contributed by atoms with Crippen molar-refractivity contribution >= 4 is 42.0 Å². The zero-order valence-corrected chi connectivity index (χ0v) is 20.2. The van der Waals surface area contributed by atoms with Crippen molar-refractivity contribution in [2.24, 2.45) is 0 Å². The van der Waals surface area contributed by atoms with Gasteiger partial charge in [-0.3, -0.25) is 19.0 Å². The van der Waals surface area contributed by atoms with Crippen LogP contribution in [0.2, 0.25) is 5.15 Å². The quantitative estimate of drug-likeness (QED) is 0.436. The second kappa shape index (κ2) is 9.00. The maximum Gasteiger partial charge on any atom is 0.330 e. The number of nitrogens with zero attached hydrogens (tertiary/aromatic N) is 6. The predicted octanol–water partition coefficient (Wildman–Crippen LogP) is 1.27. The first-order valence-corrected chi connectivity index (χ1v) is 11.0. The lowest BCUT2D eigenvalue weighted by atomic mass is 9.87. The zero-order chi connectivity index (χ0) is 23.0. The van der Waals surface area contributed by atoms with Gasteiger partial charge in [0.2, 0.25) is 5.95 Å². The van der Waals surface area contributed by atoms with Crippen molar-refractivity contribution in [2.75, 3.05) is 12.3 Å². The van der Waals surface area contributed by atoms with Gasteiger partial charge in [-0.05, 0) is 52.7 Å². The van der Waals surface area contributed by atoms with Crippen LogP contribution >= 0.6 is 11.6 Å². The van der Waals surface area contributed by atoms with E-state index in [9.17, 15) is 4.79 Å². The molecule has 166 valence electrons. The van der Waals surface area contributed by atoms with Gasteiger partial charge in [0.05, 0.1) is 12.2 Å². The lowest BCUT2D eigenvalue weighted by Crippen LogP contribution is -2.40. The topological polar surface area (TPSA) is 94.9 Å². The van der Waals surface area contributed by atoms with Gasteiger partial charge in [-0.2, -0.15) is 9.97 Å². The molecular weight excluding hydrogens is 413 g/mol. The van der Waals surface area contributed by atoms with Crippen molar-refractivity contribution in [3.63, 3.8) is 0 Å². The highest BCUT2D eigenvalue weighted by Gasteiger charge is 2.22. The number of anilines is 1. The maximum atomic E-state index is 13.5. The fourth-order valence-electron chi connectivity index (χ4n) is 4.05. The Balaban J connectivity index is 2.12. The summed E-state index contributed by atoms with van der Waals surface area (Å²) in [7, 11) is 2.06. The molecule has 0 aliphatic carbocycles. The van der Waals surface area contributed by atoms with Crippen molar-refractivity contribution < 1.29 is 0 Å². The molecular formula is C21H31BClN7O. The van der Waals surface area contributed by atoms with Gasteiger partial charge in [0.25, 0.3) is 0 Å². The molecule has 3 aromatic rings. The van der Waals surface area contributed by atoms with Crippen molar-refractivity contribution in [2.45, 2.75) is 66.7 Å². The predicted molar refractivity (Wildman–Crippen MR) is 129 cm³/mol. The Morgan fingerprint density at radius 2 is 1.81 bits per heavy atom. The fourth-order valence-corrected chi connectivity index (χ4v) is 4.33. The van der Waals surface area contributed by atoms with Crippen molar-refractivity contribution in [1.29, 1.82) is 0 Å². The van der Waals surface area contributed by atoms with E-state index in [4.69, 9.17) is 17.3 Å². The van der Waals surface area contributed by atoms with Gasteiger partial charge < -0.3 is 5.73 Å². The summed E-state index contributed by atoms with van der Waals surface area (Å²) in [5.41, 5.74) is 10.8. The van der Waals surface area contributed by atoms with Crippen molar-refractivity contribution in [3.05, 3.63) is 38.7 Å². The molecule has 0 atom stereocenters. The Morgan fingerprint density at radius 3 is 2.42 bits per heavy atom. The van der Waals surface area contributed by atoms with Gasteiger partial charge >= 0.3 is 5.69 Å². The van der Waals surface area contributed by atoms with Crippen LogP contribution in [0.15, 0.2) is 11.0 Å². The minimum atomic E-state index is -0.191. The highest BCUT2D eigenvalue weighted by molar-refractivity contribution is 6.34. The number of imidazole rings is 1. The molecule has 0 unspecified atom stereocenters. The highest BCUT2D eigenvalue weighted by atomic mass is 35.5. The second-order valence-corrected chi connectivity index (χ2v) is 8.99. The van der Waals surface area contributed by atoms with Crippen LogP contribution in [-0.2, 0) is 13.1 Å². The molecule has 0 saturated carbocycles. The van der Waals surface area contributed by atoms with E-state index in [1.807, 2.05) is 20.0 Å². The minimum Gasteiger partial charge on any atom is -0.368 e. The Kier molecular flexibility index (Phi) is 6.76. The first-order chi connectivity index (χ1) is 14.5. The summed E-state index contributed by atoms with van der Waals surface area (Å²) in [6, 6.07) is 0.711. The Bertz CT molecular complexity index is 1160. The molecule has 0 bridgehead atoms. The third-order valence-corrected chi connectivity index (χ3v) is 6.31. The lowest BCUT2D eigenvalue weighted by molar-refractivity contribution is 0.168. The first-order valence-electron chi connectivity index (χ1n) is 10.6. The molecule has 0 aliphatic heterocycles. The van der Waals surface area contributed by atoms with E-state index in [0.29, 0.717) is 42.9 Å².